The van der Waals surface area contributed by atoms with Gasteiger partial charge in [0.2, 0.25) is 0 Å². The average molecular weight is 287 g/mol. The van der Waals surface area contributed by atoms with Crippen LogP contribution in [0.2, 0.25) is 0 Å². The monoisotopic (exact) mass is 287 g/mol. The Labute approximate surface area is 126 Å². The van der Waals surface area contributed by atoms with E-state index in [1.165, 1.54) is 30.4 Å². The molecule has 0 bridgehead atoms. The largest absolute Gasteiger partial charge is 0.377 e. The van der Waals surface area contributed by atoms with Gasteiger partial charge >= 0.3 is 0 Å². The van der Waals surface area contributed by atoms with Gasteiger partial charge in [-0.2, -0.15) is 0 Å². The van der Waals surface area contributed by atoms with Gasteiger partial charge in [0.15, 0.2) is 0 Å². The predicted molar refractivity (Wildman–Crippen MR) is 85.5 cm³/mol. The average Bonchev–Trinajstić information content (AvgIpc) is 2.87. The van der Waals surface area contributed by atoms with E-state index in [1.54, 1.807) is 0 Å². The summed E-state index contributed by atoms with van der Waals surface area (Å²) in [5.41, 5.74) is 4.81. The Kier molecular flexibility index (Phi) is 4.27. The van der Waals surface area contributed by atoms with Crippen LogP contribution >= 0.6 is 0 Å². The van der Waals surface area contributed by atoms with Gasteiger partial charge in [0.05, 0.1) is 23.7 Å². The number of ether oxygens (including phenoxy) is 1. The van der Waals surface area contributed by atoms with Crippen molar-refractivity contribution in [1.29, 1.82) is 0 Å². The molecule has 2 aromatic rings. The van der Waals surface area contributed by atoms with Gasteiger partial charge in [0, 0.05) is 13.2 Å². The van der Waals surface area contributed by atoms with Crippen molar-refractivity contribution in [1.82, 2.24) is 14.9 Å². The van der Waals surface area contributed by atoms with Crippen LogP contribution < -0.4 is 0 Å². The Morgan fingerprint density at radius 3 is 2.95 bits per heavy atom. The van der Waals surface area contributed by atoms with Crippen molar-refractivity contribution >= 4 is 11.0 Å². The number of aromatic nitrogens is 2. The molecular weight excluding hydrogens is 262 g/mol. The third-order valence-corrected chi connectivity index (χ3v) is 4.44. The highest BCUT2D eigenvalue weighted by molar-refractivity contribution is 5.79. The van der Waals surface area contributed by atoms with Gasteiger partial charge in [0.1, 0.15) is 5.82 Å². The Bertz CT molecular complexity index is 614. The molecule has 3 rings (SSSR count). The number of hydrogen-bond acceptors (Lipinski definition) is 3. The molecule has 1 saturated heterocycles. The molecule has 1 unspecified atom stereocenters. The zero-order chi connectivity index (χ0) is 14.8. The van der Waals surface area contributed by atoms with Crippen LogP contribution in [0.3, 0.4) is 0 Å². The molecule has 0 radical (unpaired) electrons. The van der Waals surface area contributed by atoms with Crippen LogP contribution in [0.1, 0.15) is 36.2 Å². The van der Waals surface area contributed by atoms with Crippen molar-refractivity contribution < 1.29 is 4.74 Å². The van der Waals surface area contributed by atoms with Crippen LogP contribution in [-0.2, 0) is 11.3 Å². The van der Waals surface area contributed by atoms with E-state index in [2.05, 4.69) is 42.9 Å². The number of rotatable bonds is 4. The minimum absolute atomic E-state index is 0.386. The van der Waals surface area contributed by atoms with E-state index in [0.29, 0.717) is 6.10 Å². The summed E-state index contributed by atoms with van der Waals surface area (Å²) < 4.78 is 5.81. The van der Waals surface area contributed by atoms with E-state index in [4.69, 9.17) is 9.72 Å². The van der Waals surface area contributed by atoms with Crippen molar-refractivity contribution in [2.24, 2.45) is 0 Å². The molecule has 1 aliphatic heterocycles. The molecule has 21 heavy (non-hydrogen) atoms. The second kappa shape index (κ2) is 6.16. The summed E-state index contributed by atoms with van der Waals surface area (Å²) in [4.78, 5) is 10.5. The summed E-state index contributed by atoms with van der Waals surface area (Å²) >= 11 is 0. The number of fused-ring (bicyclic) bond motifs is 1. The molecule has 2 heterocycles. The third-order valence-electron chi connectivity index (χ3n) is 4.44. The zero-order valence-electron chi connectivity index (χ0n) is 13.3. The maximum atomic E-state index is 5.81. The quantitative estimate of drug-likeness (QED) is 0.939. The number of aromatic amines is 1. The first kappa shape index (κ1) is 14.5. The lowest BCUT2D eigenvalue weighted by molar-refractivity contribution is -0.00287. The fraction of sp³-hybridized carbons (Fsp3) is 0.588. The minimum Gasteiger partial charge on any atom is -0.377 e. The molecule has 0 saturated carbocycles. The summed E-state index contributed by atoms with van der Waals surface area (Å²) in [6.07, 6.45) is 4.07. The molecule has 4 nitrogen and oxygen atoms in total. The van der Waals surface area contributed by atoms with Gasteiger partial charge in [-0.3, -0.25) is 4.90 Å². The molecule has 1 aromatic carbocycles. The highest BCUT2D eigenvalue weighted by Crippen LogP contribution is 2.20. The van der Waals surface area contributed by atoms with Gasteiger partial charge in [0.25, 0.3) is 0 Å². The third kappa shape index (κ3) is 3.27. The molecule has 1 aromatic heterocycles. The van der Waals surface area contributed by atoms with Crippen LogP contribution in [0, 0.1) is 13.8 Å². The van der Waals surface area contributed by atoms with Gasteiger partial charge in [-0.15, -0.1) is 0 Å². The highest BCUT2D eigenvalue weighted by atomic mass is 16.5. The number of nitrogens with one attached hydrogen (secondary N) is 1. The molecular formula is C17H25N3O. The molecule has 1 atom stereocenters. The van der Waals surface area contributed by atoms with Crippen LogP contribution in [0.5, 0.6) is 0 Å². The van der Waals surface area contributed by atoms with Crippen LogP contribution in [0.25, 0.3) is 11.0 Å². The Morgan fingerprint density at radius 2 is 2.19 bits per heavy atom. The lowest BCUT2D eigenvalue weighted by Gasteiger charge is -2.26. The van der Waals surface area contributed by atoms with Crippen molar-refractivity contribution in [3.05, 3.63) is 29.1 Å². The topological polar surface area (TPSA) is 41.2 Å². The molecule has 1 aliphatic rings. The molecule has 1 fully saturated rings. The SMILES string of the molecule is Cc1ccc2[nH]c(CN(C)CC3CCCCO3)nc2c1C. The van der Waals surface area contributed by atoms with E-state index in [-0.39, 0.29) is 0 Å². The van der Waals surface area contributed by atoms with Crippen LogP contribution in [-0.4, -0.2) is 41.2 Å². The van der Waals surface area contributed by atoms with Crippen LogP contribution in [0.15, 0.2) is 12.1 Å². The summed E-state index contributed by atoms with van der Waals surface area (Å²) in [5.74, 6) is 1.04. The number of H-pyrrole nitrogens is 1. The first-order valence-electron chi connectivity index (χ1n) is 7.88. The lowest BCUT2D eigenvalue weighted by Crippen LogP contribution is -2.33. The zero-order valence-corrected chi connectivity index (χ0v) is 13.3. The smallest absolute Gasteiger partial charge is 0.121 e. The summed E-state index contributed by atoms with van der Waals surface area (Å²) in [5, 5.41) is 0. The Morgan fingerprint density at radius 1 is 1.33 bits per heavy atom. The molecule has 0 spiro atoms. The van der Waals surface area contributed by atoms with E-state index in [1.807, 2.05) is 0 Å². The van der Waals surface area contributed by atoms with Crippen molar-refractivity contribution in [2.45, 2.75) is 45.8 Å². The minimum atomic E-state index is 0.386. The van der Waals surface area contributed by atoms with Gasteiger partial charge in [-0.05, 0) is 57.4 Å². The van der Waals surface area contributed by atoms with Gasteiger partial charge in [-0.25, -0.2) is 4.98 Å². The highest BCUT2D eigenvalue weighted by Gasteiger charge is 2.17. The summed E-state index contributed by atoms with van der Waals surface area (Å²) in [7, 11) is 2.14. The second-order valence-corrected chi connectivity index (χ2v) is 6.27. The number of benzene rings is 1. The van der Waals surface area contributed by atoms with E-state index < -0.39 is 0 Å². The van der Waals surface area contributed by atoms with E-state index in [9.17, 15) is 0 Å². The summed E-state index contributed by atoms with van der Waals surface area (Å²) in [6.45, 7) is 7.02. The van der Waals surface area contributed by atoms with E-state index >= 15 is 0 Å². The number of likely N-dealkylation sites (N-methyl/N-ethyl adjacent to an activating group) is 1. The second-order valence-electron chi connectivity index (χ2n) is 6.27. The lowest BCUT2D eigenvalue weighted by atomic mass is 10.1. The molecule has 0 aliphatic carbocycles. The molecule has 0 amide bonds. The normalized spacial score (nSPS) is 19.5. The van der Waals surface area contributed by atoms with Crippen molar-refractivity contribution in [3.63, 3.8) is 0 Å². The number of aryl methyl sites for hydroxylation is 2. The fourth-order valence-electron chi connectivity index (χ4n) is 3.06. The fourth-order valence-corrected chi connectivity index (χ4v) is 3.06. The molecule has 4 heteroatoms. The molecule has 1 N–H and O–H groups in total. The molecule has 114 valence electrons. The van der Waals surface area contributed by atoms with Crippen LogP contribution in [0.4, 0.5) is 0 Å². The summed E-state index contributed by atoms with van der Waals surface area (Å²) in [6, 6.07) is 4.28. The van der Waals surface area contributed by atoms with Gasteiger partial charge < -0.3 is 9.72 Å². The van der Waals surface area contributed by atoms with Gasteiger partial charge in [-0.1, -0.05) is 6.07 Å². The number of hydrogen-bond donors (Lipinski definition) is 1. The van der Waals surface area contributed by atoms with Crippen molar-refractivity contribution in [3.8, 4) is 0 Å². The van der Waals surface area contributed by atoms with Crippen molar-refractivity contribution in [2.75, 3.05) is 20.2 Å². The standard InChI is InChI=1S/C17H25N3O/c1-12-7-8-15-17(13(12)2)19-16(18-15)11-20(3)10-14-6-4-5-9-21-14/h7-8,14H,4-6,9-11H2,1-3H3,(H,18,19). The predicted octanol–water partition coefficient (Wildman–Crippen LogP) is 3.18. The number of nitrogens with zero attached hydrogens (tertiary/aromatic N) is 2. The Balaban J connectivity index is 1.68. The maximum Gasteiger partial charge on any atom is 0.121 e. The number of imidazole rings is 1. The first-order valence-corrected chi connectivity index (χ1v) is 7.88. The Hall–Kier alpha value is -1.39. The van der Waals surface area contributed by atoms with E-state index in [0.717, 1.165) is 36.6 Å². The maximum absolute atomic E-state index is 5.81. The first-order chi connectivity index (χ1) is 10.1.